The fourth-order valence-corrected chi connectivity index (χ4v) is 3.03. The van der Waals surface area contributed by atoms with E-state index in [4.69, 9.17) is 0 Å². The lowest BCUT2D eigenvalue weighted by atomic mass is 10.1. The lowest BCUT2D eigenvalue weighted by Crippen LogP contribution is -2.40. The summed E-state index contributed by atoms with van der Waals surface area (Å²) < 4.78 is 0. The Morgan fingerprint density at radius 1 is 1.16 bits per heavy atom. The molecule has 1 aromatic carbocycles. The van der Waals surface area contributed by atoms with Crippen molar-refractivity contribution in [3.05, 3.63) is 55.8 Å². The molecule has 0 atom stereocenters. The van der Waals surface area contributed by atoms with Crippen LogP contribution < -0.4 is 10.6 Å². The van der Waals surface area contributed by atoms with Gasteiger partial charge < -0.3 is 10.6 Å². The van der Waals surface area contributed by atoms with Crippen molar-refractivity contribution in [2.75, 3.05) is 5.32 Å². The van der Waals surface area contributed by atoms with Gasteiger partial charge in [0.1, 0.15) is 0 Å². The first-order chi connectivity index (χ1) is 11.6. The summed E-state index contributed by atoms with van der Waals surface area (Å²) in [5.41, 5.74) is 0.171. The van der Waals surface area contributed by atoms with Gasteiger partial charge >= 0.3 is 0 Å². The molecule has 0 spiro atoms. The molecule has 0 saturated heterocycles. The van der Waals surface area contributed by atoms with Crippen LogP contribution in [0.3, 0.4) is 0 Å². The number of nitrogens with one attached hydrogen (secondary N) is 2. The van der Waals surface area contributed by atoms with Crippen LogP contribution in [-0.4, -0.2) is 22.3 Å². The molecule has 0 bridgehead atoms. The largest absolute Gasteiger partial charge is 0.347 e. The van der Waals surface area contributed by atoms with Crippen LogP contribution in [0.5, 0.6) is 0 Å². The molecule has 2 N–H and O–H groups in total. The van der Waals surface area contributed by atoms with Crippen molar-refractivity contribution in [2.45, 2.75) is 33.2 Å². The van der Waals surface area contributed by atoms with Crippen molar-refractivity contribution >= 4 is 34.5 Å². The van der Waals surface area contributed by atoms with Crippen LogP contribution in [0.25, 0.3) is 0 Å². The molecule has 2 rings (SSSR count). The van der Waals surface area contributed by atoms with Gasteiger partial charge in [0, 0.05) is 11.6 Å². The molecule has 132 valence electrons. The fourth-order valence-electron chi connectivity index (χ4n) is 2.15. The first kappa shape index (κ1) is 18.6. The third-order valence-electron chi connectivity index (χ3n) is 3.22. The van der Waals surface area contributed by atoms with Gasteiger partial charge in [0.2, 0.25) is 0 Å². The maximum absolute atomic E-state index is 12.4. The van der Waals surface area contributed by atoms with Crippen molar-refractivity contribution in [3.8, 4) is 0 Å². The van der Waals surface area contributed by atoms with E-state index in [1.165, 1.54) is 6.07 Å². The second-order valence-electron chi connectivity index (χ2n) is 6.51. The number of nitro groups is 1. The minimum Gasteiger partial charge on any atom is -0.347 e. The topological polar surface area (TPSA) is 101 Å². The number of benzene rings is 1. The van der Waals surface area contributed by atoms with E-state index in [0.29, 0.717) is 16.1 Å². The van der Waals surface area contributed by atoms with Gasteiger partial charge in [-0.3, -0.25) is 19.7 Å². The highest BCUT2D eigenvalue weighted by atomic mass is 32.1. The van der Waals surface area contributed by atoms with E-state index in [1.807, 2.05) is 20.8 Å². The van der Waals surface area contributed by atoms with Crippen molar-refractivity contribution < 1.29 is 14.5 Å². The smallest absolute Gasteiger partial charge is 0.283 e. The molecule has 0 saturated carbocycles. The molecule has 0 fully saturated rings. The van der Waals surface area contributed by atoms with Crippen LogP contribution in [-0.2, 0) is 0 Å². The van der Waals surface area contributed by atoms with Gasteiger partial charge in [-0.05, 0) is 39.8 Å². The maximum Gasteiger partial charge on any atom is 0.283 e. The highest BCUT2D eigenvalue weighted by molar-refractivity contribution is 7.14. The number of hydrogen-bond donors (Lipinski definition) is 2. The minimum absolute atomic E-state index is 0.0890. The summed E-state index contributed by atoms with van der Waals surface area (Å²) in [7, 11) is 0. The second kappa shape index (κ2) is 7.02. The third-order valence-corrected chi connectivity index (χ3v) is 4.26. The molecule has 0 unspecified atom stereocenters. The Morgan fingerprint density at radius 2 is 1.80 bits per heavy atom. The van der Waals surface area contributed by atoms with E-state index in [9.17, 15) is 19.7 Å². The van der Waals surface area contributed by atoms with Gasteiger partial charge in [0.05, 0.1) is 25.9 Å². The predicted molar refractivity (Wildman–Crippen MR) is 97.3 cm³/mol. The second-order valence-corrected chi connectivity index (χ2v) is 7.77. The zero-order chi connectivity index (χ0) is 18.8. The SMILES string of the molecule is Cc1sc(C(=O)Nc2ccccc2C(=O)NC(C)(C)C)cc1[N+](=O)[O-]. The van der Waals surface area contributed by atoms with Crippen LogP contribution in [0.4, 0.5) is 11.4 Å². The van der Waals surface area contributed by atoms with Crippen LogP contribution in [0.2, 0.25) is 0 Å². The number of amides is 2. The average Bonchev–Trinajstić information content (AvgIpc) is 2.88. The van der Waals surface area contributed by atoms with E-state index in [0.717, 1.165) is 11.3 Å². The van der Waals surface area contributed by atoms with E-state index in [1.54, 1.807) is 31.2 Å². The van der Waals surface area contributed by atoms with Crippen LogP contribution >= 0.6 is 11.3 Å². The number of hydrogen-bond acceptors (Lipinski definition) is 5. The van der Waals surface area contributed by atoms with E-state index in [2.05, 4.69) is 10.6 Å². The lowest BCUT2D eigenvalue weighted by molar-refractivity contribution is -0.385. The van der Waals surface area contributed by atoms with Crippen molar-refractivity contribution in [2.24, 2.45) is 0 Å². The van der Waals surface area contributed by atoms with Crippen LogP contribution in [0.1, 0.15) is 45.7 Å². The molecule has 8 heteroatoms. The minimum atomic E-state index is -0.520. The van der Waals surface area contributed by atoms with Gasteiger partial charge in [-0.1, -0.05) is 12.1 Å². The van der Waals surface area contributed by atoms with Crippen LogP contribution in [0.15, 0.2) is 30.3 Å². The molecule has 1 heterocycles. The number of para-hydroxylation sites is 1. The van der Waals surface area contributed by atoms with Gasteiger partial charge in [-0.15, -0.1) is 11.3 Å². The third kappa shape index (κ3) is 4.63. The Hall–Kier alpha value is -2.74. The fraction of sp³-hybridized carbons (Fsp3) is 0.294. The number of aryl methyl sites for hydroxylation is 1. The molecule has 0 aliphatic heterocycles. The molecular weight excluding hydrogens is 342 g/mol. The van der Waals surface area contributed by atoms with Crippen LogP contribution in [0, 0.1) is 17.0 Å². The number of anilines is 1. The van der Waals surface area contributed by atoms with Gasteiger partial charge in [-0.2, -0.15) is 0 Å². The van der Waals surface area contributed by atoms with E-state index >= 15 is 0 Å². The number of rotatable bonds is 4. The van der Waals surface area contributed by atoms with Gasteiger partial charge in [0.25, 0.3) is 17.5 Å². The molecule has 2 aromatic rings. The molecule has 25 heavy (non-hydrogen) atoms. The molecule has 0 radical (unpaired) electrons. The quantitative estimate of drug-likeness (QED) is 0.639. The summed E-state index contributed by atoms with van der Waals surface area (Å²) in [6.07, 6.45) is 0. The summed E-state index contributed by atoms with van der Waals surface area (Å²) in [5, 5.41) is 16.4. The van der Waals surface area contributed by atoms with Crippen molar-refractivity contribution in [1.29, 1.82) is 0 Å². The summed E-state index contributed by atoms with van der Waals surface area (Å²) in [5.74, 6) is -0.797. The van der Waals surface area contributed by atoms with Gasteiger partial charge in [0.15, 0.2) is 0 Å². The molecule has 1 aromatic heterocycles. The summed E-state index contributed by atoms with van der Waals surface area (Å²) in [6.45, 7) is 7.17. The Kier molecular flexibility index (Phi) is 5.22. The first-order valence-electron chi connectivity index (χ1n) is 7.56. The Balaban J connectivity index is 2.26. The Morgan fingerprint density at radius 3 is 2.36 bits per heavy atom. The molecule has 7 nitrogen and oxygen atoms in total. The summed E-state index contributed by atoms with van der Waals surface area (Å²) >= 11 is 1.04. The zero-order valence-electron chi connectivity index (χ0n) is 14.4. The molecule has 0 aliphatic carbocycles. The van der Waals surface area contributed by atoms with E-state index in [-0.39, 0.29) is 16.5 Å². The van der Waals surface area contributed by atoms with Gasteiger partial charge in [-0.25, -0.2) is 0 Å². The number of nitrogens with zero attached hydrogens (tertiary/aromatic N) is 1. The average molecular weight is 361 g/mol. The Labute approximate surface area is 149 Å². The normalized spacial score (nSPS) is 11.0. The zero-order valence-corrected chi connectivity index (χ0v) is 15.2. The number of thiophene rings is 1. The standard InChI is InChI=1S/C17H19N3O4S/c1-10-13(20(23)24)9-14(25-10)16(22)18-12-8-6-5-7-11(12)15(21)19-17(2,3)4/h5-9H,1-4H3,(H,18,22)(H,19,21). The predicted octanol–water partition coefficient (Wildman–Crippen LogP) is 3.75. The monoisotopic (exact) mass is 361 g/mol. The molecular formula is C17H19N3O4S. The summed E-state index contributed by atoms with van der Waals surface area (Å²) in [4.78, 5) is 35.9. The molecule has 0 aliphatic rings. The Bertz CT molecular complexity index is 837. The lowest BCUT2D eigenvalue weighted by Gasteiger charge is -2.21. The summed E-state index contributed by atoms with van der Waals surface area (Å²) in [6, 6.07) is 7.87. The number of carbonyl (C=O) groups excluding carboxylic acids is 2. The highest BCUT2D eigenvalue weighted by Gasteiger charge is 2.22. The maximum atomic E-state index is 12.4. The molecule has 2 amide bonds. The number of carbonyl (C=O) groups is 2. The first-order valence-corrected chi connectivity index (χ1v) is 8.38. The van der Waals surface area contributed by atoms with E-state index < -0.39 is 16.4 Å². The van der Waals surface area contributed by atoms with Crippen molar-refractivity contribution in [3.63, 3.8) is 0 Å². The highest BCUT2D eigenvalue weighted by Crippen LogP contribution is 2.29. The van der Waals surface area contributed by atoms with Crippen molar-refractivity contribution in [1.82, 2.24) is 5.32 Å².